The molecule has 0 N–H and O–H groups in total. The van der Waals surface area contributed by atoms with Crippen molar-refractivity contribution in [3.63, 3.8) is 0 Å². The molecular weight excluding hydrogens is 310 g/mol. The van der Waals surface area contributed by atoms with Crippen molar-refractivity contribution in [1.29, 1.82) is 0 Å². The van der Waals surface area contributed by atoms with Crippen molar-refractivity contribution in [3.8, 4) is 0 Å². The highest BCUT2D eigenvalue weighted by atomic mass is 19.1. The molecule has 1 heterocycles. The zero-order valence-corrected chi connectivity index (χ0v) is 13.4. The highest BCUT2D eigenvalue weighted by Crippen LogP contribution is 2.12. The van der Waals surface area contributed by atoms with E-state index in [2.05, 4.69) is 4.90 Å². The first kappa shape index (κ1) is 16.6. The SMILES string of the molecule is O=C(Cc1ccccc1F)N1CCN(Cc2ccc(F)cc2)CC1. The van der Waals surface area contributed by atoms with Crippen LogP contribution in [0.2, 0.25) is 0 Å². The van der Waals surface area contributed by atoms with Gasteiger partial charge in [-0.15, -0.1) is 0 Å². The van der Waals surface area contributed by atoms with Crippen LogP contribution in [0.5, 0.6) is 0 Å². The average Bonchev–Trinajstić information content (AvgIpc) is 2.59. The smallest absolute Gasteiger partial charge is 0.227 e. The Morgan fingerprint density at radius 2 is 1.58 bits per heavy atom. The molecule has 0 bridgehead atoms. The lowest BCUT2D eigenvalue weighted by Gasteiger charge is -2.34. The van der Waals surface area contributed by atoms with Crippen LogP contribution in [0.3, 0.4) is 0 Å². The van der Waals surface area contributed by atoms with Crippen molar-refractivity contribution >= 4 is 5.91 Å². The Kier molecular flexibility index (Phi) is 5.20. The molecule has 0 saturated carbocycles. The third-order valence-corrected chi connectivity index (χ3v) is 4.34. The van der Waals surface area contributed by atoms with E-state index in [0.717, 1.165) is 25.2 Å². The molecule has 1 saturated heterocycles. The standard InChI is InChI=1S/C19H20F2N2O/c20-17-7-5-15(6-8-17)14-22-9-11-23(12-10-22)19(24)13-16-3-1-2-4-18(16)21/h1-8H,9-14H2. The van der Waals surface area contributed by atoms with E-state index in [1.54, 1.807) is 35.2 Å². The van der Waals surface area contributed by atoms with Crippen LogP contribution >= 0.6 is 0 Å². The highest BCUT2D eigenvalue weighted by molar-refractivity contribution is 5.79. The number of rotatable bonds is 4. The second-order valence-corrected chi connectivity index (χ2v) is 6.05. The van der Waals surface area contributed by atoms with E-state index in [0.29, 0.717) is 18.7 Å². The first-order valence-corrected chi connectivity index (χ1v) is 8.10. The van der Waals surface area contributed by atoms with E-state index in [1.807, 2.05) is 0 Å². The molecule has 24 heavy (non-hydrogen) atoms. The van der Waals surface area contributed by atoms with E-state index in [1.165, 1.54) is 18.2 Å². The van der Waals surface area contributed by atoms with Crippen LogP contribution in [0.15, 0.2) is 48.5 Å². The second-order valence-electron chi connectivity index (χ2n) is 6.05. The van der Waals surface area contributed by atoms with Crippen molar-refractivity contribution in [1.82, 2.24) is 9.80 Å². The molecule has 0 radical (unpaired) electrons. The lowest BCUT2D eigenvalue weighted by atomic mass is 10.1. The molecule has 5 heteroatoms. The Morgan fingerprint density at radius 3 is 2.25 bits per heavy atom. The predicted octanol–water partition coefficient (Wildman–Crippen LogP) is 2.85. The summed E-state index contributed by atoms with van der Waals surface area (Å²) in [5.74, 6) is -0.607. The molecule has 126 valence electrons. The highest BCUT2D eigenvalue weighted by Gasteiger charge is 2.21. The second kappa shape index (κ2) is 7.53. The van der Waals surface area contributed by atoms with E-state index >= 15 is 0 Å². The summed E-state index contributed by atoms with van der Waals surface area (Å²) in [7, 11) is 0. The number of carbonyl (C=O) groups is 1. The van der Waals surface area contributed by atoms with Gasteiger partial charge in [0, 0.05) is 32.7 Å². The van der Waals surface area contributed by atoms with E-state index in [9.17, 15) is 13.6 Å². The minimum absolute atomic E-state index is 0.0402. The van der Waals surface area contributed by atoms with Gasteiger partial charge in [-0.3, -0.25) is 9.69 Å². The van der Waals surface area contributed by atoms with E-state index in [-0.39, 0.29) is 24.0 Å². The Hall–Kier alpha value is -2.27. The number of carbonyl (C=O) groups excluding carboxylic acids is 1. The third-order valence-electron chi connectivity index (χ3n) is 4.34. The van der Waals surface area contributed by atoms with Gasteiger partial charge in [-0.2, -0.15) is 0 Å². The monoisotopic (exact) mass is 330 g/mol. The number of amides is 1. The zero-order chi connectivity index (χ0) is 16.9. The fourth-order valence-electron chi connectivity index (χ4n) is 2.92. The maximum Gasteiger partial charge on any atom is 0.227 e. The van der Waals surface area contributed by atoms with Crippen LogP contribution < -0.4 is 0 Å². The minimum atomic E-state index is -0.333. The molecule has 0 aromatic heterocycles. The van der Waals surface area contributed by atoms with E-state index < -0.39 is 0 Å². The summed E-state index contributed by atoms with van der Waals surface area (Å²) >= 11 is 0. The Labute approximate surface area is 140 Å². The van der Waals surface area contributed by atoms with Crippen LogP contribution in [-0.2, 0) is 17.8 Å². The predicted molar refractivity (Wildman–Crippen MR) is 88.4 cm³/mol. The van der Waals surface area contributed by atoms with Gasteiger partial charge in [0.1, 0.15) is 11.6 Å². The van der Waals surface area contributed by atoms with Crippen LogP contribution in [0.25, 0.3) is 0 Å². The van der Waals surface area contributed by atoms with Crippen molar-refractivity contribution in [2.75, 3.05) is 26.2 Å². The maximum atomic E-state index is 13.6. The number of halogens is 2. The maximum absolute atomic E-state index is 13.6. The molecule has 3 rings (SSSR count). The molecule has 1 aliphatic rings. The van der Waals surface area contributed by atoms with E-state index in [4.69, 9.17) is 0 Å². The lowest BCUT2D eigenvalue weighted by molar-refractivity contribution is -0.132. The Bertz CT molecular complexity index is 695. The summed E-state index contributed by atoms with van der Waals surface area (Å²) in [5, 5.41) is 0. The van der Waals surface area contributed by atoms with Crippen molar-refractivity contribution in [3.05, 3.63) is 71.3 Å². The Balaban J connectivity index is 1.50. The number of benzene rings is 2. The molecule has 1 fully saturated rings. The van der Waals surface area contributed by atoms with Gasteiger partial charge >= 0.3 is 0 Å². The molecular formula is C19H20F2N2O. The number of nitrogens with zero attached hydrogens (tertiary/aromatic N) is 2. The molecule has 2 aromatic rings. The average molecular weight is 330 g/mol. The molecule has 3 nitrogen and oxygen atoms in total. The summed E-state index contributed by atoms with van der Waals surface area (Å²) in [6.07, 6.45) is 0.102. The zero-order valence-electron chi connectivity index (χ0n) is 13.4. The van der Waals surface area contributed by atoms with Gasteiger partial charge in [0.25, 0.3) is 0 Å². The van der Waals surface area contributed by atoms with Crippen LogP contribution in [0, 0.1) is 11.6 Å². The van der Waals surface area contributed by atoms with Crippen LogP contribution in [0.1, 0.15) is 11.1 Å². The van der Waals surface area contributed by atoms with Crippen LogP contribution in [0.4, 0.5) is 8.78 Å². The summed E-state index contributed by atoms with van der Waals surface area (Å²) in [6.45, 7) is 3.54. The molecule has 1 amide bonds. The van der Waals surface area contributed by atoms with Gasteiger partial charge in [0.05, 0.1) is 6.42 Å². The topological polar surface area (TPSA) is 23.6 Å². The minimum Gasteiger partial charge on any atom is -0.340 e. The summed E-state index contributed by atoms with van der Waals surface area (Å²) < 4.78 is 26.6. The van der Waals surface area contributed by atoms with Crippen molar-refractivity contribution in [2.45, 2.75) is 13.0 Å². The summed E-state index contributed by atoms with van der Waals surface area (Å²) in [5.41, 5.74) is 1.50. The Morgan fingerprint density at radius 1 is 0.917 bits per heavy atom. The molecule has 0 atom stereocenters. The molecule has 0 unspecified atom stereocenters. The van der Waals surface area contributed by atoms with Crippen molar-refractivity contribution in [2.24, 2.45) is 0 Å². The fraction of sp³-hybridized carbons (Fsp3) is 0.316. The number of hydrogen-bond acceptors (Lipinski definition) is 2. The molecule has 1 aliphatic heterocycles. The largest absolute Gasteiger partial charge is 0.340 e. The normalized spacial score (nSPS) is 15.5. The summed E-state index contributed by atoms with van der Waals surface area (Å²) in [6, 6.07) is 12.9. The van der Waals surface area contributed by atoms with Gasteiger partial charge in [0.2, 0.25) is 5.91 Å². The number of hydrogen-bond donors (Lipinski definition) is 0. The van der Waals surface area contributed by atoms with Gasteiger partial charge in [-0.25, -0.2) is 8.78 Å². The van der Waals surface area contributed by atoms with Gasteiger partial charge in [-0.1, -0.05) is 30.3 Å². The lowest BCUT2D eigenvalue weighted by Crippen LogP contribution is -2.48. The first-order chi connectivity index (χ1) is 11.6. The molecule has 2 aromatic carbocycles. The summed E-state index contributed by atoms with van der Waals surface area (Å²) in [4.78, 5) is 16.3. The first-order valence-electron chi connectivity index (χ1n) is 8.10. The quantitative estimate of drug-likeness (QED) is 0.861. The van der Waals surface area contributed by atoms with Crippen LogP contribution in [-0.4, -0.2) is 41.9 Å². The fourth-order valence-corrected chi connectivity index (χ4v) is 2.92. The number of piperazine rings is 1. The van der Waals surface area contributed by atoms with Gasteiger partial charge in [0.15, 0.2) is 0 Å². The molecule has 0 aliphatic carbocycles. The van der Waals surface area contributed by atoms with Gasteiger partial charge in [-0.05, 0) is 29.3 Å². The van der Waals surface area contributed by atoms with Gasteiger partial charge < -0.3 is 4.90 Å². The van der Waals surface area contributed by atoms with Crippen molar-refractivity contribution < 1.29 is 13.6 Å². The molecule has 0 spiro atoms. The third kappa shape index (κ3) is 4.17.